The zero-order chi connectivity index (χ0) is 14.0. The molecule has 0 aliphatic heterocycles. The first-order valence-electron chi connectivity index (χ1n) is 5.75. The van der Waals surface area contributed by atoms with E-state index in [0.29, 0.717) is 10.0 Å². The van der Waals surface area contributed by atoms with Crippen molar-refractivity contribution in [3.63, 3.8) is 0 Å². The van der Waals surface area contributed by atoms with Gasteiger partial charge in [-0.1, -0.05) is 0 Å². The van der Waals surface area contributed by atoms with Gasteiger partial charge in [-0.2, -0.15) is 0 Å². The lowest BCUT2D eigenvalue weighted by atomic mass is 10.1. The van der Waals surface area contributed by atoms with E-state index >= 15 is 0 Å². The minimum atomic E-state index is -0.501. The van der Waals surface area contributed by atoms with E-state index in [1.54, 1.807) is 29.8 Å². The predicted octanol–water partition coefficient (Wildman–Crippen LogP) is 3.27. The maximum Gasteiger partial charge on any atom is 0.253 e. The number of amides is 1. The molecule has 0 spiro atoms. The summed E-state index contributed by atoms with van der Waals surface area (Å²) in [5.74, 6) is -0.146. The second kappa shape index (κ2) is 5.38. The number of halogens is 1. The molecule has 0 saturated carbocycles. The van der Waals surface area contributed by atoms with Crippen LogP contribution in [0.4, 0.5) is 0 Å². The minimum Gasteiger partial charge on any atom is -0.341 e. The molecule has 19 heavy (non-hydrogen) atoms. The number of hydrogen-bond acceptors (Lipinski definition) is 4. The summed E-state index contributed by atoms with van der Waals surface area (Å²) in [6, 6.07) is 1.68. The molecule has 100 valence electrons. The number of thiazole rings is 1. The number of rotatable bonds is 3. The fourth-order valence-corrected chi connectivity index (χ4v) is 2.86. The molecular weight excluding hydrogens is 326 g/mol. The number of nitrogens with zero attached hydrogens (tertiary/aromatic N) is 2. The van der Waals surface area contributed by atoms with Crippen molar-refractivity contribution in [1.29, 1.82) is 0 Å². The molecule has 0 saturated heterocycles. The molecule has 2 rings (SSSR count). The van der Waals surface area contributed by atoms with Gasteiger partial charge in [-0.25, -0.2) is 4.98 Å². The number of hydrogen-bond donors (Lipinski definition) is 1. The number of carbonyl (C=O) groups is 1. The largest absolute Gasteiger partial charge is 0.341 e. The van der Waals surface area contributed by atoms with Gasteiger partial charge in [0.25, 0.3) is 5.91 Å². The highest BCUT2D eigenvalue weighted by molar-refractivity contribution is 9.10. The number of pyridine rings is 1. The summed E-state index contributed by atoms with van der Waals surface area (Å²) in [5.41, 5.74) is 0.0648. The van der Waals surface area contributed by atoms with Crippen LogP contribution in [-0.2, 0) is 5.54 Å². The van der Waals surface area contributed by atoms with Gasteiger partial charge < -0.3 is 5.32 Å². The first-order valence-corrected chi connectivity index (χ1v) is 7.36. The third kappa shape index (κ3) is 3.19. The Labute approximate surface area is 124 Å². The van der Waals surface area contributed by atoms with Crippen LogP contribution >= 0.6 is 27.3 Å². The predicted molar refractivity (Wildman–Crippen MR) is 79.3 cm³/mol. The fraction of sp³-hybridized carbons (Fsp3) is 0.308. The second-order valence-electron chi connectivity index (χ2n) is 4.71. The normalized spacial score (nSPS) is 11.4. The number of aromatic nitrogens is 2. The molecule has 0 atom stereocenters. The lowest BCUT2D eigenvalue weighted by Gasteiger charge is -2.24. The molecular formula is C13H14BrN3OS. The van der Waals surface area contributed by atoms with E-state index < -0.39 is 5.54 Å². The second-order valence-corrected chi connectivity index (χ2v) is 6.80. The van der Waals surface area contributed by atoms with E-state index in [-0.39, 0.29) is 5.91 Å². The molecule has 6 heteroatoms. The molecule has 0 radical (unpaired) electrons. The van der Waals surface area contributed by atoms with Crippen molar-refractivity contribution >= 4 is 33.2 Å². The van der Waals surface area contributed by atoms with Crippen LogP contribution < -0.4 is 5.32 Å². The third-order valence-electron chi connectivity index (χ3n) is 2.60. The van der Waals surface area contributed by atoms with E-state index in [1.165, 1.54) is 0 Å². The molecule has 0 bridgehead atoms. The first-order chi connectivity index (χ1) is 8.90. The van der Waals surface area contributed by atoms with Crippen LogP contribution in [0.3, 0.4) is 0 Å². The van der Waals surface area contributed by atoms with E-state index in [4.69, 9.17) is 0 Å². The standard InChI is InChI=1S/C13H14BrN3OS/c1-8-6-16-12(19-8)13(2,3)17-11(18)9-4-5-15-7-10(9)14/h4-7H,1-3H3,(H,17,18). The average Bonchev–Trinajstić information content (AvgIpc) is 2.76. The van der Waals surface area contributed by atoms with Crippen LogP contribution in [0, 0.1) is 6.92 Å². The van der Waals surface area contributed by atoms with Gasteiger partial charge in [0.05, 0.1) is 11.1 Å². The summed E-state index contributed by atoms with van der Waals surface area (Å²) in [6.45, 7) is 5.88. The molecule has 0 aromatic carbocycles. The van der Waals surface area contributed by atoms with Gasteiger partial charge in [-0.15, -0.1) is 11.3 Å². The monoisotopic (exact) mass is 339 g/mol. The smallest absolute Gasteiger partial charge is 0.253 e. The fourth-order valence-electron chi connectivity index (χ4n) is 1.61. The van der Waals surface area contributed by atoms with Crippen LogP contribution in [0.25, 0.3) is 0 Å². The van der Waals surface area contributed by atoms with Gasteiger partial charge in [-0.3, -0.25) is 9.78 Å². The summed E-state index contributed by atoms with van der Waals surface area (Å²) in [4.78, 5) is 21.7. The molecule has 2 heterocycles. The van der Waals surface area contributed by atoms with Crippen molar-refractivity contribution in [2.45, 2.75) is 26.3 Å². The molecule has 2 aromatic rings. The van der Waals surface area contributed by atoms with Gasteiger partial charge >= 0.3 is 0 Å². The van der Waals surface area contributed by atoms with Gasteiger partial charge in [0.1, 0.15) is 5.01 Å². The zero-order valence-electron chi connectivity index (χ0n) is 10.9. The van der Waals surface area contributed by atoms with Crippen LogP contribution in [-0.4, -0.2) is 15.9 Å². The van der Waals surface area contributed by atoms with Crippen LogP contribution in [0.15, 0.2) is 29.1 Å². The summed E-state index contributed by atoms with van der Waals surface area (Å²) in [6.07, 6.45) is 5.02. The molecule has 0 fully saturated rings. The first kappa shape index (κ1) is 14.1. The Kier molecular flexibility index (Phi) is 4.01. The van der Waals surface area contributed by atoms with Gasteiger partial charge in [0, 0.05) is 27.9 Å². The summed E-state index contributed by atoms with van der Waals surface area (Å²) in [7, 11) is 0. The van der Waals surface area contributed by atoms with Crippen molar-refractivity contribution in [3.8, 4) is 0 Å². The Balaban J connectivity index is 2.21. The SMILES string of the molecule is Cc1cnc(C(C)(C)NC(=O)c2ccncc2Br)s1. The van der Waals surface area contributed by atoms with Crippen molar-refractivity contribution in [3.05, 3.63) is 44.6 Å². The maximum atomic E-state index is 12.3. The third-order valence-corrected chi connectivity index (χ3v) is 4.47. The summed E-state index contributed by atoms with van der Waals surface area (Å²) >= 11 is 4.91. The number of aryl methyl sites for hydroxylation is 1. The van der Waals surface area contributed by atoms with Gasteiger partial charge in [-0.05, 0) is 42.8 Å². The van der Waals surface area contributed by atoms with Crippen LogP contribution in [0.5, 0.6) is 0 Å². The molecule has 0 aliphatic carbocycles. The van der Waals surface area contributed by atoms with Gasteiger partial charge in [0.15, 0.2) is 0 Å². The van der Waals surface area contributed by atoms with Gasteiger partial charge in [0.2, 0.25) is 0 Å². The summed E-state index contributed by atoms with van der Waals surface area (Å²) < 4.78 is 0.679. The summed E-state index contributed by atoms with van der Waals surface area (Å²) in [5, 5.41) is 3.89. The van der Waals surface area contributed by atoms with Crippen molar-refractivity contribution in [1.82, 2.24) is 15.3 Å². The Morgan fingerprint density at radius 3 is 2.74 bits per heavy atom. The van der Waals surface area contributed by atoms with E-state index in [1.807, 2.05) is 27.0 Å². The highest BCUT2D eigenvalue weighted by atomic mass is 79.9. The van der Waals surface area contributed by atoms with Crippen molar-refractivity contribution in [2.75, 3.05) is 0 Å². The topological polar surface area (TPSA) is 54.9 Å². The average molecular weight is 340 g/mol. The van der Waals surface area contributed by atoms with E-state index in [9.17, 15) is 4.79 Å². The highest BCUT2D eigenvalue weighted by Gasteiger charge is 2.27. The minimum absolute atomic E-state index is 0.146. The van der Waals surface area contributed by atoms with Crippen LogP contribution in [0.1, 0.15) is 34.1 Å². The van der Waals surface area contributed by atoms with Crippen molar-refractivity contribution in [2.24, 2.45) is 0 Å². The molecule has 0 aliphatic rings. The van der Waals surface area contributed by atoms with Crippen molar-refractivity contribution < 1.29 is 4.79 Å². The zero-order valence-corrected chi connectivity index (χ0v) is 13.3. The molecule has 1 N–H and O–H groups in total. The number of carbonyl (C=O) groups excluding carboxylic acids is 1. The Morgan fingerprint density at radius 2 is 2.16 bits per heavy atom. The number of nitrogens with one attached hydrogen (secondary N) is 1. The maximum absolute atomic E-state index is 12.3. The van der Waals surface area contributed by atoms with E-state index in [2.05, 4.69) is 31.2 Å². The Bertz CT molecular complexity index is 609. The Morgan fingerprint density at radius 1 is 1.42 bits per heavy atom. The molecule has 4 nitrogen and oxygen atoms in total. The molecule has 1 amide bonds. The van der Waals surface area contributed by atoms with E-state index in [0.717, 1.165) is 9.88 Å². The lowest BCUT2D eigenvalue weighted by Crippen LogP contribution is -2.41. The quantitative estimate of drug-likeness (QED) is 0.933. The molecule has 2 aromatic heterocycles. The molecule has 0 unspecified atom stereocenters. The van der Waals surface area contributed by atoms with Crippen LogP contribution in [0.2, 0.25) is 0 Å². The lowest BCUT2D eigenvalue weighted by molar-refractivity contribution is 0.0911. The highest BCUT2D eigenvalue weighted by Crippen LogP contribution is 2.25. The Hall–Kier alpha value is -1.27.